The third-order valence-corrected chi connectivity index (χ3v) is 5.62. The quantitative estimate of drug-likeness (QED) is 0.360. The molecule has 0 saturated heterocycles. The van der Waals surface area contributed by atoms with Gasteiger partial charge in [0.25, 0.3) is 0 Å². The second-order valence-electron chi connectivity index (χ2n) is 6.77. The normalized spacial score (nSPS) is 10.6. The van der Waals surface area contributed by atoms with Crippen LogP contribution in [-0.2, 0) is 22.6 Å². The predicted molar refractivity (Wildman–Crippen MR) is 119 cm³/mol. The lowest BCUT2D eigenvalue weighted by Gasteiger charge is -2.05. The van der Waals surface area contributed by atoms with E-state index in [4.69, 9.17) is 9.47 Å². The lowest BCUT2D eigenvalue weighted by Crippen LogP contribution is -2.08. The number of nitrogens with zero attached hydrogens (tertiary/aromatic N) is 1. The van der Waals surface area contributed by atoms with Gasteiger partial charge in [-0.3, -0.25) is 4.79 Å². The number of ether oxygens (including phenoxy) is 2. The van der Waals surface area contributed by atoms with Crippen LogP contribution in [0.1, 0.15) is 11.3 Å². The smallest absolute Gasteiger partial charge is 0.310 e. The molecule has 0 aliphatic rings. The van der Waals surface area contributed by atoms with Crippen molar-refractivity contribution < 1.29 is 14.3 Å². The van der Waals surface area contributed by atoms with E-state index in [1.54, 1.807) is 7.11 Å². The van der Waals surface area contributed by atoms with Gasteiger partial charge in [0, 0.05) is 10.9 Å². The van der Waals surface area contributed by atoms with Crippen molar-refractivity contribution in [1.82, 2.24) is 4.98 Å². The Hall–Kier alpha value is -3.44. The van der Waals surface area contributed by atoms with Gasteiger partial charge in [-0.2, -0.15) is 0 Å². The van der Waals surface area contributed by atoms with Gasteiger partial charge in [-0.15, -0.1) is 11.3 Å². The van der Waals surface area contributed by atoms with E-state index in [2.05, 4.69) is 17.1 Å². The Bertz CT molecular complexity index is 1100. The maximum atomic E-state index is 12.2. The molecule has 0 atom stereocenters. The van der Waals surface area contributed by atoms with Crippen LogP contribution in [0.25, 0.3) is 21.7 Å². The summed E-state index contributed by atoms with van der Waals surface area (Å²) in [6.45, 7) is 0.174. The van der Waals surface area contributed by atoms with Gasteiger partial charge in [0.2, 0.25) is 0 Å². The number of hydrogen-bond donors (Lipinski definition) is 0. The summed E-state index contributed by atoms with van der Waals surface area (Å²) >= 11 is 1.53. The zero-order chi connectivity index (χ0) is 20.8. The van der Waals surface area contributed by atoms with Crippen LogP contribution < -0.4 is 4.74 Å². The van der Waals surface area contributed by atoms with Crippen LogP contribution in [0.4, 0.5) is 0 Å². The summed E-state index contributed by atoms with van der Waals surface area (Å²) in [5.74, 6) is 0.544. The number of thiazole rings is 1. The molecule has 0 aliphatic heterocycles. The minimum absolute atomic E-state index is 0.174. The molecule has 0 aliphatic carbocycles. The highest BCUT2D eigenvalue weighted by atomic mass is 32.1. The van der Waals surface area contributed by atoms with Gasteiger partial charge >= 0.3 is 5.97 Å². The van der Waals surface area contributed by atoms with Crippen LogP contribution in [0.15, 0.2) is 84.2 Å². The van der Waals surface area contributed by atoms with E-state index in [1.165, 1.54) is 11.3 Å². The standard InChI is InChI=1S/C25H21NO3S/c1-28-23-13-11-21(12-14-23)25-26-22(17-30-25)16-29-24(27)15-18-7-9-20(10-8-18)19-5-3-2-4-6-19/h2-14,17H,15-16H2,1H3. The van der Waals surface area contributed by atoms with Gasteiger partial charge < -0.3 is 9.47 Å². The van der Waals surface area contributed by atoms with Crippen molar-refractivity contribution in [1.29, 1.82) is 0 Å². The first kappa shape index (κ1) is 19.9. The Morgan fingerprint density at radius 1 is 0.867 bits per heavy atom. The number of carbonyl (C=O) groups excluding carboxylic acids is 1. The Balaban J connectivity index is 1.31. The van der Waals surface area contributed by atoms with Crippen molar-refractivity contribution in [2.75, 3.05) is 7.11 Å². The zero-order valence-electron chi connectivity index (χ0n) is 16.6. The average molecular weight is 416 g/mol. The summed E-state index contributed by atoms with van der Waals surface area (Å²) < 4.78 is 10.6. The molecule has 1 heterocycles. The molecule has 0 saturated carbocycles. The van der Waals surface area contributed by atoms with Crippen molar-refractivity contribution in [3.8, 4) is 27.4 Å². The number of methoxy groups -OCH3 is 1. The Morgan fingerprint density at radius 2 is 1.53 bits per heavy atom. The van der Waals surface area contributed by atoms with Crippen molar-refractivity contribution in [2.24, 2.45) is 0 Å². The van der Waals surface area contributed by atoms with Crippen molar-refractivity contribution in [3.05, 3.63) is 95.5 Å². The second kappa shape index (κ2) is 9.37. The maximum absolute atomic E-state index is 12.2. The summed E-state index contributed by atoms with van der Waals surface area (Å²) in [4.78, 5) is 16.8. The third kappa shape index (κ3) is 4.93. The van der Waals surface area contributed by atoms with Crippen LogP contribution in [0.5, 0.6) is 5.75 Å². The lowest BCUT2D eigenvalue weighted by atomic mass is 10.0. The number of hydrogen-bond acceptors (Lipinski definition) is 5. The predicted octanol–water partition coefficient (Wildman–Crippen LogP) is 5.77. The van der Waals surface area contributed by atoms with E-state index in [0.29, 0.717) is 0 Å². The topological polar surface area (TPSA) is 48.4 Å². The van der Waals surface area contributed by atoms with Gasteiger partial charge in [0.1, 0.15) is 17.4 Å². The summed E-state index contributed by atoms with van der Waals surface area (Å²) in [5.41, 5.74) is 4.97. The number of benzene rings is 3. The Labute approximate surface area is 179 Å². The van der Waals surface area contributed by atoms with Crippen molar-refractivity contribution in [3.63, 3.8) is 0 Å². The number of aromatic nitrogens is 1. The van der Waals surface area contributed by atoms with Crippen LogP contribution >= 0.6 is 11.3 Å². The van der Waals surface area contributed by atoms with Crippen molar-refractivity contribution >= 4 is 17.3 Å². The second-order valence-corrected chi connectivity index (χ2v) is 7.63. The van der Waals surface area contributed by atoms with Gasteiger partial charge in [-0.1, -0.05) is 54.6 Å². The first-order valence-electron chi connectivity index (χ1n) is 9.60. The molecule has 5 heteroatoms. The van der Waals surface area contributed by atoms with Crippen molar-refractivity contribution in [2.45, 2.75) is 13.0 Å². The third-order valence-electron chi connectivity index (χ3n) is 4.68. The largest absolute Gasteiger partial charge is 0.497 e. The van der Waals surface area contributed by atoms with Gasteiger partial charge in [0.15, 0.2) is 0 Å². The summed E-state index contributed by atoms with van der Waals surface area (Å²) in [6, 6.07) is 25.9. The SMILES string of the molecule is COc1ccc(-c2nc(COC(=O)Cc3ccc(-c4ccccc4)cc3)cs2)cc1. The van der Waals surface area contributed by atoms with Gasteiger partial charge in [-0.05, 0) is 41.0 Å². The van der Waals surface area contributed by atoms with Crippen LogP contribution in [0.2, 0.25) is 0 Å². The highest BCUT2D eigenvalue weighted by Crippen LogP contribution is 2.26. The fraction of sp³-hybridized carbons (Fsp3) is 0.120. The first-order chi connectivity index (χ1) is 14.7. The molecule has 0 bridgehead atoms. The minimum Gasteiger partial charge on any atom is -0.497 e. The molecule has 4 rings (SSSR count). The van der Waals surface area contributed by atoms with E-state index >= 15 is 0 Å². The molecule has 0 unspecified atom stereocenters. The molecule has 0 N–H and O–H groups in total. The first-order valence-corrected chi connectivity index (χ1v) is 10.5. The van der Waals surface area contributed by atoms with E-state index in [1.807, 2.05) is 72.1 Å². The molecule has 1 aromatic heterocycles. The maximum Gasteiger partial charge on any atom is 0.310 e. The van der Waals surface area contributed by atoms with Gasteiger partial charge in [0.05, 0.1) is 19.2 Å². The zero-order valence-corrected chi connectivity index (χ0v) is 17.4. The molecule has 0 fully saturated rings. The molecule has 0 amide bonds. The van der Waals surface area contributed by atoms with Crippen LogP contribution in [-0.4, -0.2) is 18.1 Å². The highest BCUT2D eigenvalue weighted by molar-refractivity contribution is 7.13. The molecule has 30 heavy (non-hydrogen) atoms. The van der Waals surface area contributed by atoms with E-state index < -0.39 is 0 Å². The molecule has 0 spiro atoms. The van der Waals surface area contributed by atoms with E-state index in [9.17, 15) is 4.79 Å². The summed E-state index contributed by atoms with van der Waals surface area (Å²) in [5, 5.41) is 2.81. The highest BCUT2D eigenvalue weighted by Gasteiger charge is 2.09. The van der Waals surface area contributed by atoms with Gasteiger partial charge in [-0.25, -0.2) is 4.98 Å². The molecule has 4 nitrogen and oxygen atoms in total. The molecular formula is C25H21NO3S. The fourth-order valence-corrected chi connectivity index (χ4v) is 3.87. The number of rotatable bonds is 7. The number of carbonyl (C=O) groups is 1. The molecule has 3 aromatic carbocycles. The van der Waals surface area contributed by atoms with E-state index in [-0.39, 0.29) is 19.0 Å². The molecule has 0 radical (unpaired) electrons. The monoisotopic (exact) mass is 415 g/mol. The Kier molecular flexibility index (Phi) is 6.20. The lowest BCUT2D eigenvalue weighted by molar-refractivity contribution is -0.144. The molecule has 4 aromatic rings. The Morgan fingerprint density at radius 3 is 2.23 bits per heavy atom. The van der Waals surface area contributed by atoms with Crippen LogP contribution in [0, 0.1) is 0 Å². The minimum atomic E-state index is -0.263. The molecular weight excluding hydrogens is 394 g/mol. The fourth-order valence-electron chi connectivity index (χ4n) is 3.06. The average Bonchev–Trinajstić information content (AvgIpc) is 3.28. The summed E-state index contributed by atoms with van der Waals surface area (Å²) in [6.07, 6.45) is 0.241. The summed E-state index contributed by atoms with van der Waals surface area (Å²) in [7, 11) is 1.64. The van der Waals surface area contributed by atoms with Crippen LogP contribution in [0.3, 0.4) is 0 Å². The number of esters is 1. The van der Waals surface area contributed by atoms with E-state index in [0.717, 1.165) is 38.7 Å². The molecule has 150 valence electrons.